The van der Waals surface area contributed by atoms with Gasteiger partial charge in [0.1, 0.15) is 17.4 Å². The van der Waals surface area contributed by atoms with Crippen molar-refractivity contribution in [1.29, 1.82) is 5.26 Å². The van der Waals surface area contributed by atoms with Crippen LogP contribution >= 0.6 is 0 Å². The van der Waals surface area contributed by atoms with Crippen molar-refractivity contribution in [2.45, 2.75) is 20.8 Å². The van der Waals surface area contributed by atoms with Crippen LogP contribution in [0.15, 0.2) is 60.8 Å². The smallest absolute Gasteiger partial charge is 0.248 e. The number of hydrogen-bond acceptors (Lipinski definition) is 6. The van der Waals surface area contributed by atoms with Crippen molar-refractivity contribution in [3.63, 3.8) is 0 Å². The third-order valence-electron chi connectivity index (χ3n) is 4.75. The van der Waals surface area contributed by atoms with Gasteiger partial charge in [-0.05, 0) is 72.5 Å². The molecule has 0 aliphatic carbocycles. The minimum absolute atomic E-state index is 0.236. The van der Waals surface area contributed by atoms with E-state index in [-0.39, 0.29) is 11.8 Å². The number of amides is 1. The van der Waals surface area contributed by atoms with Gasteiger partial charge in [-0.1, -0.05) is 19.9 Å². The number of nitrogens with zero attached hydrogens (tertiary/aromatic N) is 2. The second-order valence-corrected chi connectivity index (χ2v) is 7.98. The van der Waals surface area contributed by atoms with Gasteiger partial charge in [-0.2, -0.15) is 5.26 Å². The molecule has 1 heterocycles. The number of anilines is 1. The first-order chi connectivity index (χ1) is 16.4. The second-order valence-electron chi connectivity index (χ2n) is 7.98. The molecule has 0 radical (unpaired) electrons. The molecule has 2 aromatic carbocycles. The SMILES string of the molecule is COc1cc(/C=C/C(=O)Nc2ccc(Oc3ncccc3C#N)cc2C)ccc1OCC(C)C. The number of carbonyl (C=O) groups is 1. The average molecular weight is 458 g/mol. The number of rotatable bonds is 9. The summed E-state index contributed by atoms with van der Waals surface area (Å²) >= 11 is 0. The Morgan fingerprint density at radius 2 is 2.00 bits per heavy atom. The molecular weight excluding hydrogens is 430 g/mol. The Balaban J connectivity index is 1.65. The molecular formula is C27H27N3O4. The van der Waals surface area contributed by atoms with Crippen LogP contribution in [0.1, 0.15) is 30.5 Å². The molecule has 7 nitrogen and oxygen atoms in total. The fourth-order valence-corrected chi connectivity index (χ4v) is 3.02. The molecule has 0 fully saturated rings. The van der Waals surface area contributed by atoms with Gasteiger partial charge in [0.15, 0.2) is 11.5 Å². The van der Waals surface area contributed by atoms with Crippen LogP contribution in [0.5, 0.6) is 23.1 Å². The van der Waals surface area contributed by atoms with Gasteiger partial charge in [0.05, 0.1) is 13.7 Å². The van der Waals surface area contributed by atoms with E-state index in [2.05, 4.69) is 24.1 Å². The van der Waals surface area contributed by atoms with Crippen molar-refractivity contribution in [3.05, 3.63) is 77.5 Å². The molecule has 0 aliphatic rings. The van der Waals surface area contributed by atoms with Crippen molar-refractivity contribution in [3.8, 4) is 29.2 Å². The molecule has 174 valence electrons. The Morgan fingerprint density at radius 1 is 1.18 bits per heavy atom. The van der Waals surface area contributed by atoms with Crippen molar-refractivity contribution in [2.75, 3.05) is 19.0 Å². The normalized spacial score (nSPS) is 10.7. The van der Waals surface area contributed by atoms with E-state index < -0.39 is 0 Å². The van der Waals surface area contributed by atoms with E-state index in [1.165, 1.54) is 6.08 Å². The van der Waals surface area contributed by atoms with E-state index >= 15 is 0 Å². The lowest BCUT2D eigenvalue weighted by Crippen LogP contribution is -2.09. The standard InChI is InChI=1S/C27H27N3O4/c1-18(2)17-33-24-11-7-20(15-25(24)32-4)8-12-26(31)30-23-10-9-22(14-19(23)3)34-27-21(16-28)6-5-13-29-27/h5-15,18H,17H2,1-4H3,(H,30,31)/b12-8+. The van der Waals surface area contributed by atoms with Crippen LogP contribution in [-0.4, -0.2) is 24.6 Å². The summed E-state index contributed by atoms with van der Waals surface area (Å²) in [6.45, 7) is 6.61. The van der Waals surface area contributed by atoms with E-state index in [1.54, 1.807) is 49.7 Å². The molecule has 3 aromatic rings. The number of nitrogens with one attached hydrogen (secondary N) is 1. The summed E-state index contributed by atoms with van der Waals surface area (Å²) in [4.78, 5) is 16.6. The van der Waals surface area contributed by atoms with Crippen LogP contribution in [0.2, 0.25) is 0 Å². The molecule has 1 aromatic heterocycles. The molecule has 0 saturated heterocycles. The maximum absolute atomic E-state index is 12.5. The number of aryl methyl sites for hydroxylation is 1. The number of carbonyl (C=O) groups excluding carboxylic acids is 1. The maximum Gasteiger partial charge on any atom is 0.248 e. The van der Waals surface area contributed by atoms with Crippen molar-refractivity contribution in [1.82, 2.24) is 4.98 Å². The summed E-state index contributed by atoms with van der Waals surface area (Å²) in [5, 5.41) is 12.0. The van der Waals surface area contributed by atoms with Gasteiger partial charge in [0, 0.05) is 18.0 Å². The number of benzene rings is 2. The Morgan fingerprint density at radius 3 is 2.71 bits per heavy atom. The van der Waals surface area contributed by atoms with Crippen LogP contribution < -0.4 is 19.5 Å². The number of methoxy groups -OCH3 is 1. The number of aromatic nitrogens is 1. The number of ether oxygens (including phenoxy) is 3. The third kappa shape index (κ3) is 6.59. The van der Waals surface area contributed by atoms with Crippen molar-refractivity contribution < 1.29 is 19.0 Å². The topological polar surface area (TPSA) is 93.5 Å². The molecule has 0 unspecified atom stereocenters. The van der Waals surface area contributed by atoms with E-state index in [4.69, 9.17) is 14.2 Å². The van der Waals surface area contributed by atoms with Crippen LogP contribution in [0.3, 0.4) is 0 Å². The highest BCUT2D eigenvalue weighted by molar-refractivity contribution is 6.02. The monoisotopic (exact) mass is 457 g/mol. The van der Waals surface area contributed by atoms with Gasteiger partial charge in [0.25, 0.3) is 0 Å². The van der Waals surface area contributed by atoms with Crippen LogP contribution in [-0.2, 0) is 4.79 Å². The Kier molecular flexibility index (Phi) is 8.25. The van der Waals surface area contributed by atoms with Crippen molar-refractivity contribution >= 4 is 17.7 Å². The van der Waals surface area contributed by atoms with Crippen LogP contribution in [0.25, 0.3) is 6.08 Å². The highest BCUT2D eigenvalue weighted by atomic mass is 16.5. The molecule has 0 bridgehead atoms. The zero-order valence-corrected chi connectivity index (χ0v) is 19.7. The predicted molar refractivity (Wildman–Crippen MR) is 131 cm³/mol. The molecule has 0 saturated carbocycles. The average Bonchev–Trinajstić information content (AvgIpc) is 2.83. The minimum atomic E-state index is -0.271. The number of pyridine rings is 1. The molecule has 34 heavy (non-hydrogen) atoms. The van der Waals surface area contributed by atoms with Gasteiger partial charge >= 0.3 is 0 Å². The second kappa shape index (κ2) is 11.5. The van der Waals surface area contributed by atoms with Crippen LogP contribution in [0.4, 0.5) is 5.69 Å². The summed E-state index contributed by atoms with van der Waals surface area (Å²) in [5.41, 5.74) is 2.62. The summed E-state index contributed by atoms with van der Waals surface area (Å²) in [6.07, 6.45) is 4.73. The van der Waals surface area contributed by atoms with Crippen LogP contribution in [0, 0.1) is 24.2 Å². The molecule has 1 amide bonds. The molecule has 0 spiro atoms. The highest BCUT2D eigenvalue weighted by Crippen LogP contribution is 2.29. The number of nitriles is 1. The van der Waals surface area contributed by atoms with E-state index in [9.17, 15) is 10.1 Å². The fraction of sp³-hybridized carbons (Fsp3) is 0.222. The molecule has 7 heteroatoms. The largest absolute Gasteiger partial charge is 0.493 e. The maximum atomic E-state index is 12.5. The highest BCUT2D eigenvalue weighted by Gasteiger charge is 2.09. The molecule has 0 aliphatic heterocycles. The zero-order chi connectivity index (χ0) is 24.5. The lowest BCUT2D eigenvalue weighted by molar-refractivity contribution is -0.111. The predicted octanol–water partition coefficient (Wildman–Crippen LogP) is 5.75. The van der Waals surface area contributed by atoms with Crippen molar-refractivity contribution in [2.24, 2.45) is 5.92 Å². The Bertz CT molecular complexity index is 1230. The zero-order valence-electron chi connectivity index (χ0n) is 19.7. The molecule has 3 rings (SSSR count). The fourth-order valence-electron chi connectivity index (χ4n) is 3.02. The minimum Gasteiger partial charge on any atom is -0.493 e. The van der Waals surface area contributed by atoms with Gasteiger partial charge in [-0.3, -0.25) is 4.79 Å². The summed E-state index contributed by atoms with van der Waals surface area (Å²) in [5.74, 6) is 2.17. The quantitative estimate of drug-likeness (QED) is 0.411. The summed E-state index contributed by atoms with van der Waals surface area (Å²) < 4.78 is 16.9. The molecule has 0 atom stereocenters. The lowest BCUT2D eigenvalue weighted by Gasteiger charge is -2.13. The van der Waals surface area contributed by atoms with Gasteiger partial charge < -0.3 is 19.5 Å². The van der Waals surface area contributed by atoms with E-state index in [0.717, 1.165) is 11.1 Å². The van der Waals surface area contributed by atoms with E-state index in [0.29, 0.717) is 41.0 Å². The Labute approximate surface area is 199 Å². The third-order valence-corrected chi connectivity index (χ3v) is 4.75. The first-order valence-electron chi connectivity index (χ1n) is 10.8. The lowest BCUT2D eigenvalue weighted by atomic mass is 10.1. The summed E-state index contributed by atoms with van der Waals surface area (Å²) in [6, 6.07) is 16.1. The first kappa shape index (κ1) is 24.3. The van der Waals surface area contributed by atoms with Gasteiger partial charge in [-0.25, -0.2) is 4.98 Å². The van der Waals surface area contributed by atoms with E-state index in [1.807, 2.05) is 31.2 Å². The Hall–Kier alpha value is -4.31. The number of hydrogen-bond donors (Lipinski definition) is 1. The summed E-state index contributed by atoms with van der Waals surface area (Å²) in [7, 11) is 1.59. The van der Waals surface area contributed by atoms with Gasteiger partial charge in [-0.15, -0.1) is 0 Å². The molecule has 1 N–H and O–H groups in total. The first-order valence-corrected chi connectivity index (χ1v) is 10.8. The van der Waals surface area contributed by atoms with Gasteiger partial charge in [0.2, 0.25) is 11.8 Å².